The molecule has 0 saturated carbocycles. The Morgan fingerprint density at radius 2 is 1.83 bits per heavy atom. The van der Waals surface area contributed by atoms with Gasteiger partial charge < -0.3 is 10.0 Å². The van der Waals surface area contributed by atoms with E-state index in [1.165, 1.54) is 22.6 Å². The van der Waals surface area contributed by atoms with Crippen LogP contribution in [0.2, 0.25) is 0 Å². The van der Waals surface area contributed by atoms with Crippen LogP contribution < -0.4 is 4.90 Å². The van der Waals surface area contributed by atoms with Crippen LogP contribution in [0.3, 0.4) is 0 Å². The number of aliphatic hydroxyl groups is 1. The van der Waals surface area contributed by atoms with Crippen LogP contribution in [0.25, 0.3) is 0 Å². The molecule has 2 aromatic carbocycles. The first kappa shape index (κ1) is 19.3. The van der Waals surface area contributed by atoms with Gasteiger partial charge in [-0.25, -0.2) is 9.07 Å². The average molecular weight is 409 g/mol. The van der Waals surface area contributed by atoms with E-state index in [1.54, 1.807) is 6.07 Å². The minimum atomic E-state index is -0.948. The molecule has 2 N–H and O–H groups in total. The summed E-state index contributed by atoms with van der Waals surface area (Å²) in [5, 5.41) is 23.7. The predicted molar refractivity (Wildman–Crippen MR) is 109 cm³/mol. The lowest BCUT2D eigenvalue weighted by molar-refractivity contribution is -0.958. The fourth-order valence-electron chi connectivity index (χ4n) is 5.36. The van der Waals surface area contributed by atoms with Crippen molar-refractivity contribution in [3.63, 3.8) is 0 Å². The number of benzene rings is 2. The van der Waals surface area contributed by atoms with Gasteiger partial charge in [-0.15, -0.1) is 5.10 Å². The van der Waals surface area contributed by atoms with E-state index in [0.29, 0.717) is 30.5 Å². The van der Waals surface area contributed by atoms with Gasteiger partial charge in [0.05, 0.1) is 12.1 Å². The lowest BCUT2D eigenvalue weighted by Gasteiger charge is -2.41. The van der Waals surface area contributed by atoms with Crippen molar-refractivity contribution >= 4 is 0 Å². The molecule has 7 heteroatoms. The van der Waals surface area contributed by atoms with Crippen LogP contribution in [-0.4, -0.2) is 37.4 Å². The fourth-order valence-corrected chi connectivity index (χ4v) is 5.36. The van der Waals surface area contributed by atoms with E-state index < -0.39 is 5.60 Å². The van der Waals surface area contributed by atoms with Crippen LogP contribution in [0.15, 0.2) is 54.6 Å². The molecule has 2 unspecified atom stereocenters. The second-order valence-corrected chi connectivity index (χ2v) is 8.73. The van der Waals surface area contributed by atoms with Crippen molar-refractivity contribution in [1.82, 2.24) is 20.2 Å². The zero-order valence-corrected chi connectivity index (χ0v) is 16.9. The molecule has 2 bridgehead atoms. The minimum Gasteiger partial charge on any atom is -0.385 e. The Bertz CT molecular complexity index is 994. The van der Waals surface area contributed by atoms with Crippen LogP contribution in [0, 0.1) is 5.82 Å². The number of hydrogen-bond acceptors (Lipinski definition) is 4. The molecule has 156 valence electrons. The molecule has 2 saturated heterocycles. The van der Waals surface area contributed by atoms with Crippen molar-refractivity contribution in [1.29, 1.82) is 0 Å². The second-order valence-electron chi connectivity index (χ2n) is 8.73. The summed E-state index contributed by atoms with van der Waals surface area (Å²) in [4.78, 5) is 1.45. The Morgan fingerprint density at radius 1 is 1.07 bits per heavy atom. The lowest BCUT2D eigenvalue weighted by Crippen LogP contribution is -3.17. The Morgan fingerprint density at radius 3 is 2.57 bits per heavy atom. The molecule has 4 atom stereocenters. The Hall–Kier alpha value is -2.64. The summed E-state index contributed by atoms with van der Waals surface area (Å²) in [6.45, 7) is 1.51. The number of piperidine rings is 1. The zero-order chi connectivity index (χ0) is 20.6. The fraction of sp³-hybridized carbons (Fsp3) is 0.435. The predicted octanol–water partition coefficient (Wildman–Crippen LogP) is 1.65. The van der Waals surface area contributed by atoms with Crippen LogP contribution in [0.4, 0.5) is 4.39 Å². The van der Waals surface area contributed by atoms with Crippen molar-refractivity contribution in [3.8, 4) is 0 Å². The van der Waals surface area contributed by atoms with Gasteiger partial charge in [0.25, 0.3) is 0 Å². The Labute approximate surface area is 175 Å². The first-order valence-electron chi connectivity index (χ1n) is 10.7. The van der Waals surface area contributed by atoms with Gasteiger partial charge in [0.1, 0.15) is 18.0 Å². The smallest absolute Gasteiger partial charge is 0.206 e. The number of aromatic nitrogens is 4. The summed E-state index contributed by atoms with van der Waals surface area (Å²) in [6, 6.07) is 17.4. The molecular weight excluding hydrogens is 381 g/mol. The highest BCUT2D eigenvalue weighted by atomic mass is 19.1. The number of quaternary nitrogens is 1. The monoisotopic (exact) mass is 408 g/mol. The number of tetrazole rings is 1. The molecule has 6 nitrogen and oxygen atoms in total. The average Bonchev–Trinajstić information content (AvgIpc) is 3.29. The summed E-state index contributed by atoms with van der Waals surface area (Å²) in [5.74, 6) is 0.606. The number of nitrogens with zero attached hydrogens (tertiary/aromatic N) is 4. The van der Waals surface area contributed by atoms with Crippen LogP contribution in [0.1, 0.15) is 42.6 Å². The molecule has 3 heterocycles. The molecule has 2 aliphatic heterocycles. The topological polar surface area (TPSA) is 68.3 Å². The van der Waals surface area contributed by atoms with Crippen LogP contribution in [0.5, 0.6) is 0 Å². The van der Waals surface area contributed by atoms with E-state index in [2.05, 4.69) is 27.7 Å². The van der Waals surface area contributed by atoms with Crippen molar-refractivity contribution in [2.24, 2.45) is 0 Å². The third-order valence-corrected chi connectivity index (χ3v) is 6.87. The first-order valence-corrected chi connectivity index (χ1v) is 10.7. The summed E-state index contributed by atoms with van der Waals surface area (Å²) >= 11 is 0. The maximum Gasteiger partial charge on any atom is 0.206 e. The van der Waals surface area contributed by atoms with Crippen LogP contribution >= 0.6 is 0 Å². The van der Waals surface area contributed by atoms with Gasteiger partial charge in [0.2, 0.25) is 5.82 Å². The van der Waals surface area contributed by atoms with Crippen molar-refractivity contribution < 1.29 is 14.4 Å². The Balaban J connectivity index is 1.28. The number of rotatable bonds is 6. The van der Waals surface area contributed by atoms with Gasteiger partial charge >= 0.3 is 0 Å². The van der Waals surface area contributed by atoms with Crippen LogP contribution in [-0.2, 0) is 25.1 Å². The van der Waals surface area contributed by atoms with Gasteiger partial charge in [-0.05, 0) is 40.1 Å². The highest BCUT2D eigenvalue weighted by Gasteiger charge is 2.51. The van der Waals surface area contributed by atoms with Gasteiger partial charge in [-0.3, -0.25) is 0 Å². The summed E-state index contributed by atoms with van der Waals surface area (Å²) in [6.07, 6.45) is 4.33. The largest absolute Gasteiger partial charge is 0.385 e. The van der Waals surface area contributed by atoms with Crippen molar-refractivity contribution in [2.45, 2.75) is 62.9 Å². The van der Waals surface area contributed by atoms with Gasteiger partial charge in [0, 0.05) is 32.2 Å². The van der Waals surface area contributed by atoms with Crippen molar-refractivity contribution in [2.75, 3.05) is 0 Å². The normalized spacial score (nSPS) is 28.0. The molecule has 30 heavy (non-hydrogen) atoms. The maximum absolute atomic E-state index is 13.7. The van der Waals surface area contributed by atoms with E-state index in [-0.39, 0.29) is 5.82 Å². The molecule has 0 radical (unpaired) electrons. The molecule has 2 aliphatic rings. The van der Waals surface area contributed by atoms with Crippen molar-refractivity contribution in [3.05, 3.63) is 77.4 Å². The molecule has 1 aromatic heterocycles. The number of nitrogens with one attached hydrogen (secondary N) is 1. The summed E-state index contributed by atoms with van der Waals surface area (Å²) in [7, 11) is 0. The zero-order valence-electron chi connectivity index (χ0n) is 16.9. The van der Waals surface area contributed by atoms with E-state index >= 15 is 0 Å². The number of fused-ring (bicyclic) bond motifs is 2. The van der Waals surface area contributed by atoms with Gasteiger partial charge in [-0.1, -0.05) is 42.5 Å². The first-order chi connectivity index (χ1) is 14.6. The summed E-state index contributed by atoms with van der Waals surface area (Å²) in [5.41, 5.74) is 1.02. The quantitative estimate of drug-likeness (QED) is 0.651. The maximum atomic E-state index is 13.7. The number of aryl methyl sites for hydroxylation is 2. The van der Waals surface area contributed by atoms with Gasteiger partial charge in [-0.2, -0.15) is 0 Å². The molecule has 0 amide bonds. The standard InChI is InChI=1S/C23H26FN5O/c24-19-8-4-7-18(13-19)23(30)14-20-9-10-21(15-23)28(20)16-22-25-26-27-29(22)12-11-17-5-2-1-3-6-17/h1-8,13,20-21,30H,9-12,14-16H2/p+1/t20-,21+,23?. The Kier molecular flexibility index (Phi) is 5.08. The number of halogens is 1. The van der Waals surface area contributed by atoms with E-state index in [9.17, 15) is 9.50 Å². The molecule has 0 aliphatic carbocycles. The highest BCUT2D eigenvalue weighted by molar-refractivity contribution is 5.24. The highest BCUT2D eigenvalue weighted by Crippen LogP contribution is 2.38. The molecule has 2 fully saturated rings. The van der Waals surface area contributed by atoms with E-state index in [4.69, 9.17) is 0 Å². The second kappa shape index (κ2) is 7.89. The molecule has 0 spiro atoms. The van der Waals surface area contributed by atoms with Gasteiger partial charge in [0.15, 0.2) is 0 Å². The molecule has 5 rings (SSSR count). The SMILES string of the molecule is OC1(c2cccc(F)c2)C[C@H]2CC[C@@H](C1)[NH+]2Cc1nnnn1CCc1ccccc1. The third kappa shape index (κ3) is 3.75. The minimum absolute atomic E-state index is 0.291. The van der Waals surface area contributed by atoms with E-state index in [1.807, 2.05) is 28.9 Å². The molecule has 3 aromatic rings. The van der Waals surface area contributed by atoms with E-state index in [0.717, 1.165) is 38.2 Å². The third-order valence-electron chi connectivity index (χ3n) is 6.87. The lowest BCUT2D eigenvalue weighted by atomic mass is 9.80. The molecular formula is C23H27FN5O+. The number of hydrogen-bond donors (Lipinski definition) is 2. The summed E-state index contributed by atoms with van der Waals surface area (Å²) < 4.78 is 15.6.